The van der Waals surface area contributed by atoms with E-state index >= 15 is 0 Å². The monoisotopic (exact) mass is 372 g/mol. The number of aryl methyl sites for hydroxylation is 1. The molecule has 0 saturated heterocycles. The van der Waals surface area contributed by atoms with Gasteiger partial charge in [0.25, 0.3) is 5.91 Å². The van der Waals surface area contributed by atoms with Crippen molar-refractivity contribution in [3.63, 3.8) is 0 Å². The number of nitrogens with zero attached hydrogens (tertiary/aromatic N) is 2. The van der Waals surface area contributed by atoms with E-state index in [9.17, 15) is 4.79 Å². The maximum absolute atomic E-state index is 12.6. The number of rotatable bonds is 5. The Labute approximate surface area is 155 Å². The highest BCUT2D eigenvalue weighted by molar-refractivity contribution is 7.16. The van der Waals surface area contributed by atoms with Gasteiger partial charge in [0.1, 0.15) is 5.75 Å². The molecule has 7 heteroatoms. The van der Waals surface area contributed by atoms with Gasteiger partial charge in [0, 0.05) is 24.2 Å². The van der Waals surface area contributed by atoms with E-state index in [2.05, 4.69) is 4.99 Å². The van der Waals surface area contributed by atoms with Gasteiger partial charge in [-0.05, 0) is 25.1 Å². The van der Waals surface area contributed by atoms with Gasteiger partial charge in [-0.25, -0.2) is 0 Å². The Hall–Kier alpha value is -2.80. The summed E-state index contributed by atoms with van der Waals surface area (Å²) in [6.07, 6.45) is 0. The zero-order chi connectivity index (χ0) is 18.7. The standard InChI is InChI=1S/C19H20N2O4S/c1-5-21-14-10-15(24-3)16(25-4)11-17(14)26-19(21)20-18(22)12-7-6-8-13(9-12)23-2/h6-11H,5H2,1-4H3. The molecular weight excluding hydrogens is 352 g/mol. The minimum Gasteiger partial charge on any atom is -0.497 e. The average Bonchev–Trinajstić information content (AvgIpc) is 3.02. The van der Waals surface area contributed by atoms with Crippen LogP contribution >= 0.6 is 11.3 Å². The smallest absolute Gasteiger partial charge is 0.279 e. The van der Waals surface area contributed by atoms with Crippen LogP contribution < -0.4 is 19.0 Å². The molecule has 0 radical (unpaired) electrons. The minimum absolute atomic E-state index is 0.309. The van der Waals surface area contributed by atoms with Gasteiger partial charge in [0.2, 0.25) is 0 Å². The van der Waals surface area contributed by atoms with Gasteiger partial charge in [-0.3, -0.25) is 4.79 Å². The number of carbonyl (C=O) groups is 1. The van der Waals surface area contributed by atoms with Gasteiger partial charge < -0.3 is 18.8 Å². The molecule has 136 valence electrons. The summed E-state index contributed by atoms with van der Waals surface area (Å²) in [6.45, 7) is 2.69. The number of thiazole rings is 1. The first-order chi connectivity index (χ1) is 12.6. The molecule has 2 aromatic carbocycles. The van der Waals surface area contributed by atoms with Crippen molar-refractivity contribution in [1.29, 1.82) is 0 Å². The first-order valence-corrected chi connectivity index (χ1v) is 8.91. The second-order valence-corrected chi connectivity index (χ2v) is 6.46. The number of aromatic nitrogens is 1. The van der Waals surface area contributed by atoms with Gasteiger partial charge in [0.15, 0.2) is 16.3 Å². The Morgan fingerprint density at radius 3 is 2.46 bits per heavy atom. The summed E-state index contributed by atoms with van der Waals surface area (Å²) >= 11 is 1.44. The second kappa shape index (κ2) is 7.61. The van der Waals surface area contributed by atoms with Crippen LogP contribution in [0.15, 0.2) is 41.4 Å². The molecule has 0 bridgehead atoms. The largest absolute Gasteiger partial charge is 0.497 e. The van der Waals surface area contributed by atoms with Crippen molar-refractivity contribution in [2.45, 2.75) is 13.5 Å². The van der Waals surface area contributed by atoms with Gasteiger partial charge in [-0.15, -0.1) is 0 Å². The van der Waals surface area contributed by atoms with Crippen molar-refractivity contribution in [3.05, 3.63) is 46.8 Å². The Bertz CT molecular complexity index is 1020. The van der Waals surface area contributed by atoms with Crippen LogP contribution in [0.2, 0.25) is 0 Å². The molecule has 0 N–H and O–H groups in total. The molecule has 3 aromatic rings. The van der Waals surface area contributed by atoms with Gasteiger partial charge in [0.05, 0.1) is 31.5 Å². The molecular formula is C19H20N2O4S. The van der Waals surface area contributed by atoms with Crippen LogP contribution in [0.1, 0.15) is 17.3 Å². The molecule has 0 unspecified atom stereocenters. The van der Waals surface area contributed by atoms with Crippen LogP contribution in [0.25, 0.3) is 10.2 Å². The number of ether oxygens (including phenoxy) is 3. The van der Waals surface area contributed by atoms with Crippen molar-refractivity contribution in [3.8, 4) is 17.2 Å². The van der Waals surface area contributed by atoms with E-state index in [1.54, 1.807) is 45.6 Å². The lowest BCUT2D eigenvalue weighted by Gasteiger charge is -2.08. The number of methoxy groups -OCH3 is 3. The van der Waals surface area contributed by atoms with E-state index < -0.39 is 0 Å². The lowest BCUT2D eigenvalue weighted by molar-refractivity contribution is 0.0997. The van der Waals surface area contributed by atoms with E-state index in [0.29, 0.717) is 34.2 Å². The lowest BCUT2D eigenvalue weighted by Crippen LogP contribution is -2.16. The molecule has 0 aliphatic heterocycles. The van der Waals surface area contributed by atoms with Crippen LogP contribution in [0.5, 0.6) is 17.2 Å². The lowest BCUT2D eigenvalue weighted by atomic mass is 10.2. The molecule has 3 rings (SSSR count). The normalized spacial score (nSPS) is 11.6. The summed E-state index contributed by atoms with van der Waals surface area (Å²) in [6, 6.07) is 10.8. The van der Waals surface area contributed by atoms with Crippen LogP contribution in [0.4, 0.5) is 0 Å². The Morgan fingerprint density at radius 2 is 1.81 bits per heavy atom. The number of hydrogen-bond donors (Lipinski definition) is 0. The fourth-order valence-corrected chi connectivity index (χ4v) is 3.80. The van der Waals surface area contributed by atoms with E-state index in [0.717, 1.165) is 10.2 Å². The molecule has 0 atom stereocenters. The molecule has 26 heavy (non-hydrogen) atoms. The maximum atomic E-state index is 12.6. The van der Waals surface area contributed by atoms with Crippen molar-refractivity contribution in [2.24, 2.45) is 4.99 Å². The molecule has 6 nitrogen and oxygen atoms in total. The summed E-state index contributed by atoms with van der Waals surface area (Å²) < 4.78 is 18.9. The zero-order valence-corrected chi connectivity index (χ0v) is 15.9. The summed E-state index contributed by atoms with van der Waals surface area (Å²) in [7, 11) is 4.77. The number of benzene rings is 2. The SMILES string of the molecule is CCn1c(=NC(=O)c2cccc(OC)c2)sc2cc(OC)c(OC)cc21. The van der Waals surface area contributed by atoms with Crippen LogP contribution in [-0.2, 0) is 6.54 Å². The maximum Gasteiger partial charge on any atom is 0.279 e. The third kappa shape index (κ3) is 3.30. The predicted molar refractivity (Wildman–Crippen MR) is 101 cm³/mol. The molecule has 1 aromatic heterocycles. The Kier molecular flexibility index (Phi) is 5.27. The number of fused-ring (bicyclic) bond motifs is 1. The quantitative estimate of drug-likeness (QED) is 0.688. The highest BCUT2D eigenvalue weighted by atomic mass is 32.1. The molecule has 0 spiro atoms. The average molecular weight is 372 g/mol. The summed E-state index contributed by atoms with van der Waals surface area (Å²) in [5, 5.41) is 0. The summed E-state index contributed by atoms with van der Waals surface area (Å²) in [4.78, 5) is 17.6. The zero-order valence-electron chi connectivity index (χ0n) is 15.1. The molecule has 1 heterocycles. The van der Waals surface area contributed by atoms with Crippen LogP contribution in [0, 0.1) is 0 Å². The number of carbonyl (C=O) groups excluding carboxylic acids is 1. The molecule has 1 amide bonds. The second-order valence-electron chi connectivity index (χ2n) is 5.45. The van der Waals surface area contributed by atoms with Gasteiger partial charge in [-0.1, -0.05) is 17.4 Å². The number of hydrogen-bond acceptors (Lipinski definition) is 5. The molecule has 0 aliphatic carbocycles. The van der Waals surface area contributed by atoms with Crippen molar-refractivity contribution < 1.29 is 19.0 Å². The summed E-state index contributed by atoms with van der Waals surface area (Å²) in [5.41, 5.74) is 1.44. The van der Waals surface area contributed by atoms with Crippen LogP contribution in [-0.4, -0.2) is 31.8 Å². The van der Waals surface area contributed by atoms with Crippen molar-refractivity contribution >= 4 is 27.5 Å². The van der Waals surface area contributed by atoms with E-state index in [-0.39, 0.29) is 5.91 Å². The van der Waals surface area contributed by atoms with E-state index in [1.807, 2.05) is 23.6 Å². The minimum atomic E-state index is -0.309. The molecule has 0 saturated carbocycles. The highest BCUT2D eigenvalue weighted by Gasteiger charge is 2.13. The molecule has 0 aliphatic rings. The van der Waals surface area contributed by atoms with E-state index in [1.165, 1.54) is 11.3 Å². The topological polar surface area (TPSA) is 62.1 Å². The predicted octanol–water partition coefficient (Wildman–Crippen LogP) is 3.49. The van der Waals surface area contributed by atoms with E-state index in [4.69, 9.17) is 14.2 Å². The first kappa shape index (κ1) is 18.0. The first-order valence-electron chi connectivity index (χ1n) is 8.09. The van der Waals surface area contributed by atoms with Crippen LogP contribution in [0.3, 0.4) is 0 Å². The van der Waals surface area contributed by atoms with Gasteiger partial charge >= 0.3 is 0 Å². The summed E-state index contributed by atoms with van der Waals surface area (Å²) in [5.74, 6) is 1.61. The Balaban J connectivity index is 2.14. The van der Waals surface area contributed by atoms with Crippen molar-refractivity contribution in [1.82, 2.24) is 4.57 Å². The third-order valence-corrected chi connectivity index (χ3v) is 5.06. The Morgan fingerprint density at radius 1 is 1.08 bits per heavy atom. The third-order valence-electron chi connectivity index (χ3n) is 4.02. The fourth-order valence-electron chi connectivity index (χ4n) is 2.70. The number of amides is 1. The van der Waals surface area contributed by atoms with Crippen molar-refractivity contribution in [2.75, 3.05) is 21.3 Å². The highest BCUT2D eigenvalue weighted by Crippen LogP contribution is 2.33. The molecule has 0 fully saturated rings. The van der Waals surface area contributed by atoms with Gasteiger partial charge in [-0.2, -0.15) is 4.99 Å². The fraction of sp³-hybridized carbons (Fsp3) is 0.263.